The Labute approximate surface area is 128 Å². The molecule has 0 saturated carbocycles. The Morgan fingerprint density at radius 1 is 1.38 bits per heavy atom. The van der Waals surface area contributed by atoms with E-state index in [1.54, 1.807) is 0 Å². The van der Waals surface area contributed by atoms with E-state index in [1.807, 2.05) is 13.8 Å². The highest BCUT2D eigenvalue weighted by Gasteiger charge is 2.27. The Morgan fingerprint density at radius 3 is 2.81 bits per heavy atom. The topological polar surface area (TPSA) is 74.0 Å². The van der Waals surface area contributed by atoms with E-state index in [9.17, 15) is 4.79 Å². The van der Waals surface area contributed by atoms with Crippen molar-refractivity contribution in [3.63, 3.8) is 0 Å². The van der Waals surface area contributed by atoms with E-state index in [2.05, 4.69) is 4.90 Å². The van der Waals surface area contributed by atoms with Gasteiger partial charge in [0.05, 0.1) is 19.8 Å². The summed E-state index contributed by atoms with van der Waals surface area (Å²) < 4.78 is 16.1. The van der Waals surface area contributed by atoms with E-state index in [-0.39, 0.29) is 6.10 Å². The maximum absolute atomic E-state index is 11.8. The number of thiophene rings is 1. The lowest BCUT2D eigenvalue weighted by Crippen LogP contribution is -2.25. The lowest BCUT2D eigenvalue weighted by molar-refractivity contribution is 0.0607. The Balaban J connectivity index is 2.38. The zero-order valence-corrected chi connectivity index (χ0v) is 13.5. The van der Waals surface area contributed by atoms with Crippen LogP contribution in [-0.2, 0) is 9.47 Å². The molecule has 1 aliphatic rings. The first-order valence-electron chi connectivity index (χ1n) is 7.04. The molecule has 1 aromatic rings. The predicted molar refractivity (Wildman–Crippen MR) is 83.5 cm³/mol. The van der Waals surface area contributed by atoms with Gasteiger partial charge >= 0.3 is 5.97 Å². The van der Waals surface area contributed by atoms with Gasteiger partial charge in [-0.15, -0.1) is 11.3 Å². The normalized spacial score (nSPS) is 15.9. The molecular weight excluding hydrogens is 292 g/mol. The molecule has 0 atom stereocenters. The number of carbonyl (C=O) groups is 1. The summed E-state index contributed by atoms with van der Waals surface area (Å²) in [5.74, 6) is 0.153. The first-order valence-corrected chi connectivity index (χ1v) is 7.86. The number of nitrogens with two attached hydrogens (primary N) is 1. The molecule has 7 heteroatoms. The number of ether oxygens (including phenoxy) is 3. The van der Waals surface area contributed by atoms with E-state index in [4.69, 9.17) is 19.9 Å². The minimum Gasteiger partial charge on any atom is -0.486 e. The third kappa shape index (κ3) is 3.59. The van der Waals surface area contributed by atoms with Gasteiger partial charge < -0.3 is 24.8 Å². The van der Waals surface area contributed by atoms with Crippen LogP contribution in [0.3, 0.4) is 0 Å². The van der Waals surface area contributed by atoms with Gasteiger partial charge in [-0.2, -0.15) is 0 Å². The van der Waals surface area contributed by atoms with Crippen molar-refractivity contribution in [2.45, 2.75) is 26.4 Å². The third-order valence-corrected chi connectivity index (χ3v) is 4.34. The van der Waals surface area contributed by atoms with E-state index < -0.39 is 5.97 Å². The molecule has 0 amide bonds. The molecule has 1 saturated heterocycles. The SMILES string of the molecule is COC(=O)c1sc(N2CCCOCC2)c(OC(C)C)c1N. The number of nitrogens with zero attached hydrogens (tertiary/aromatic N) is 1. The van der Waals surface area contributed by atoms with Crippen LogP contribution in [0.4, 0.5) is 10.7 Å². The fraction of sp³-hybridized carbons (Fsp3) is 0.643. The number of anilines is 2. The maximum atomic E-state index is 11.8. The fourth-order valence-corrected chi connectivity index (χ4v) is 3.29. The average molecular weight is 314 g/mol. The minimum absolute atomic E-state index is 0.0191. The second kappa shape index (κ2) is 7.00. The van der Waals surface area contributed by atoms with Crippen molar-refractivity contribution in [3.8, 4) is 5.75 Å². The van der Waals surface area contributed by atoms with Crippen LogP contribution in [0.15, 0.2) is 0 Å². The Morgan fingerprint density at radius 2 is 2.14 bits per heavy atom. The second-order valence-corrected chi connectivity index (χ2v) is 6.09. The summed E-state index contributed by atoms with van der Waals surface area (Å²) in [5.41, 5.74) is 6.46. The lowest BCUT2D eigenvalue weighted by atomic mass is 10.3. The highest BCUT2D eigenvalue weighted by molar-refractivity contribution is 7.19. The van der Waals surface area contributed by atoms with Crippen molar-refractivity contribution in [3.05, 3.63) is 4.88 Å². The minimum atomic E-state index is -0.427. The highest BCUT2D eigenvalue weighted by Crippen LogP contribution is 2.45. The van der Waals surface area contributed by atoms with Crippen LogP contribution >= 0.6 is 11.3 Å². The van der Waals surface area contributed by atoms with Gasteiger partial charge in [-0.05, 0) is 20.3 Å². The number of methoxy groups -OCH3 is 1. The number of carbonyl (C=O) groups excluding carboxylic acids is 1. The van der Waals surface area contributed by atoms with Crippen LogP contribution in [-0.4, -0.2) is 45.5 Å². The van der Waals surface area contributed by atoms with Crippen molar-refractivity contribution < 1.29 is 19.0 Å². The highest BCUT2D eigenvalue weighted by atomic mass is 32.1. The molecule has 1 aromatic heterocycles. The van der Waals surface area contributed by atoms with E-state index >= 15 is 0 Å². The van der Waals surface area contributed by atoms with Gasteiger partial charge in [0.1, 0.15) is 15.6 Å². The van der Waals surface area contributed by atoms with Crippen molar-refractivity contribution in [2.24, 2.45) is 0 Å². The number of esters is 1. The molecular formula is C14H22N2O4S. The van der Waals surface area contributed by atoms with Crippen molar-refractivity contribution in [1.82, 2.24) is 0 Å². The molecule has 2 N–H and O–H groups in total. The molecule has 1 aliphatic heterocycles. The first kappa shape index (κ1) is 15.9. The monoisotopic (exact) mass is 314 g/mol. The van der Waals surface area contributed by atoms with Crippen molar-refractivity contribution in [2.75, 3.05) is 44.0 Å². The van der Waals surface area contributed by atoms with Gasteiger partial charge in [0.25, 0.3) is 0 Å². The largest absolute Gasteiger partial charge is 0.486 e. The van der Waals surface area contributed by atoms with E-state index in [0.717, 1.165) is 31.1 Å². The molecule has 0 aromatic carbocycles. The van der Waals surface area contributed by atoms with Crippen LogP contribution in [0.25, 0.3) is 0 Å². The van der Waals surface area contributed by atoms with Gasteiger partial charge in [0, 0.05) is 19.7 Å². The van der Waals surface area contributed by atoms with Crippen LogP contribution < -0.4 is 15.4 Å². The number of hydrogen-bond donors (Lipinski definition) is 1. The van der Waals surface area contributed by atoms with Crippen molar-refractivity contribution >= 4 is 28.0 Å². The number of hydrogen-bond acceptors (Lipinski definition) is 7. The molecule has 6 nitrogen and oxygen atoms in total. The quantitative estimate of drug-likeness (QED) is 0.858. The standard InChI is InChI=1S/C14H22N2O4S/c1-9(2)20-11-10(15)12(14(17)18-3)21-13(11)16-5-4-7-19-8-6-16/h9H,4-8,15H2,1-3H3. The summed E-state index contributed by atoms with van der Waals surface area (Å²) in [6.07, 6.45) is 0.918. The van der Waals surface area contributed by atoms with Gasteiger partial charge in [0.15, 0.2) is 5.75 Å². The smallest absolute Gasteiger partial charge is 0.350 e. The summed E-state index contributed by atoms with van der Waals surface area (Å²) in [5, 5.41) is 0.882. The van der Waals surface area contributed by atoms with Crippen LogP contribution in [0, 0.1) is 0 Å². The second-order valence-electron chi connectivity index (χ2n) is 5.09. The molecule has 1 fully saturated rings. The van der Waals surface area contributed by atoms with Crippen molar-refractivity contribution in [1.29, 1.82) is 0 Å². The summed E-state index contributed by atoms with van der Waals surface area (Å²) in [6, 6.07) is 0. The van der Waals surface area contributed by atoms with Gasteiger partial charge in [-0.25, -0.2) is 4.79 Å². The number of rotatable bonds is 4. The molecule has 0 radical (unpaired) electrons. The summed E-state index contributed by atoms with van der Waals surface area (Å²) in [6.45, 7) is 6.90. The maximum Gasteiger partial charge on any atom is 0.350 e. The molecule has 118 valence electrons. The molecule has 0 unspecified atom stereocenters. The van der Waals surface area contributed by atoms with E-state index in [0.29, 0.717) is 22.9 Å². The summed E-state index contributed by atoms with van der Waals surface area (Å²) >= 11 is 1.32. The zero-order valence-electron chi connectivity index (χ0n) is 12.7. The molecule has 0 spiro atoms. The van der Waals surface area contributed by atoms with Crippen LogP contribution in [0.5, 0.6) is 5.75 Å². The Bertz CT molecular complexity index is 493. The Hall–Kier alpha value is -1.47. The van der Waals surface area contributed by atoms with Crippen LogP contribution in [0.2, 0.25) is 0 Å². The average Bonchev–Trinajstić information content (AvgIpc) is 2.67. The molecule has 2 heterocycles. The molecule has 0 bridgehead atoms. The third-order valence-electron chi connectivity index (χ3n) is 3.12. The number of nitrogen functional groups attached to an aromatic ring is 1. The van der Waals surface area contributed by atoms with Gasteiger partial charge in [-0.3, -0.25) is 0 Å². The molecule has 0 aliphatic carbocycles. The summed E-state index contributed by atoms with van der Waals surface area (Å²) in [4.78, 5) is 14.4. The van der Waals surface area contributed by atoms with E-state index in [1.165, 1.54) is 18.4 Å². The van der Waals surface area contributed by atoms with Crippen LogP contribution in [0.1, 0.15) is 29.9 Å². The first-order chi connectivity index (χ1) is 10.0. The Kier molecular flexibility index (Phi) is 5.30. The van der Waals surface area contributed by atoms with Gasteiger partial charge in [0.2, 0.25) is 0 Å². The predicted octanol–water partition coefficient (Wildman–Crippen LogP) is 2.13. The fourth-order valence-electron chi connectivity index (χ4n) is 2.17. The lowest BCUT2D eigenvalue weighted by Gasteiger charge is -2.22. The zero-order chi connectivity index (χ0) is 15.4. The molecule has 21 heavy (non-hydrogen) atoms. The summed E-state index contributed by atoms with van der Waals surface area (Å²) in [7, 11) is 1.35. The molecule has 2 rings (SSSR count). The van der Waals surface area contributed by atoms with Gasteiger partial charge in [-0.1, -0.05) is 0 Å².